The van der Waals surface area contributed by atoms with Gasteiger partial charge in [0.05, 0.1) is 6.21 Å². The predicted octanol–water partition coefficient (Wildman–Crippen LogP) is 3.71. The smallest absolute Gasteiger partial charge is 0.271 e. The molecule has 2 N–H and O–H groups in total. The first-order valence-corrected chi connectivity index (χ1v) is 9.68. The van der Waals surface area contributed by atoms with Crippen molar-refractivity contribution in [2.45, 2.75) is 19.5 Å². The summed E-state index contributed by atoms with van der Waals surface area (Å²) in [5, 5.41) is 13.6. The third kappa shape index (κ3) is 4.70. The van der Waals surface area contributed by atoms with E-state index >= 15 is 0 Å². The maximum Gasteiger partial charge on any atom is 0.271 e. The normalized spacial score (nSPS) is 13.9. The van der Waals surface area contributed by atoms with Crippen molar-refractivity contribution in [1.29, 1.82) is 0 Å². The highest BCUT2D eigenvalue weighted by atomic mass is 16.3. The molecular weight excluding hydrogens is 362 g/mol. The molecule has 5 nitrogen and oxygen atoms in total. The van der Waals surface area contributed by atoms with Crippen molar-refractivity contribution >= 4 is 12.1 Å². The van der Waals surface area contributed by atoms with E-state index < -0.39 is 0 Å². The first-order valence-electron chi connectivity index (χ1n) is 9.68. The zero-order valence-electron chi connectivity index (χ0n) is 16.1. The summed E-state index contributed by atoms with van der Waals surface area (Å²) in [4.78, 5) is 14.7. The van der Waals surface area contributed by atoms with Gasteiger partial charge in [-0.05, 0) is 47.4 Å². The number of hydrazone groups is 1. The van der Waals surface area contributed by atoms with Crippen LogP contribution in [-0.2, 0) is 19.5 Å². The number of para-hydroxylation sites is 1. The van der Waals surface area contributed by atoms with Crippen LogP contribution in [0.25, 0.3) is 0 Å². The molecule has 0 atom stereocenters. The first-order chi connectivity index (χ1) is 14.2. The van der Waals surface area contributed by atoms with E-state index in [1.807, 2.05) is 24.3 Å². The number of carbonyl (C=O) groups is 1. The summed E-state index contributed by atoms with van der Waals surface area (Å²) >= 11 is 0. The zero-order chi connectivity index (χ0) is 20.1. The fraction of sp³-hybridized carbons (Fsp3) is 0.167. The van der Waals surface area contributed by atoms with Crippen LogP contribution in [0.2, 0.25) is 0 Å². The van der Waals surface area contributed by atoms with E-state index in [9.17, 15) is 9.90 Å². The molecule has 1 aliphatic rings. The minimum absolute atomic E-state index is 0.121. The summed E-state index contributed by atoms with van der Waals surface area (Å²) in [6.45, 7) is 2.86. The molecule has 0 fully saturated rings. The number of phenols is 1. The first kappa shape index (κ1) is 18.9. The molecule has 0 saturated heterocycles. The Morgan fingerprint density at radius 3 is 2.52 bits per heavy atom. The van der Waals surface area contributed by atoms with E-state index in [-0.39, 0.29) is 11.7 Å². The van der Waals surface area contributed by atoms with Gasteiger partial charge in [-0.3, -0.25) is 9.69 Å². The van der Waals surface area contributed by atoms with Gasteiger partial charge in [-0.1, -0.05) is 48.5 Å². The van der Waals surface area contributed by atoms with Crippen molar-refractivity contribution in [3.63, 3.8) is 0 Å². The highest BCUT2D eigenvalue weighted by molar-refractivity contribution is 5.95. The molecule has 0 radical (unpaired) electrons. The SMILES string of the molecule is O=C(NN=Cc1ccccc1O)c1ccc(CN2CCc3ccccc3C2)cc1. The van der Waals surface area contributed by atoms with Crippen LogP contribution in [0.3, 0.4) is 0 Å². The molecule has 1 aliphatic heterocycles. The summed E-state index contributed by atoms with van der Waals surface area (Å²) < 4.78 is 0. The van der Waals surface area contributed by atoms with Gasteiger partial charge in [0.25, 0.3) is 5.91 Å². The molecule has 0 spiro atoms. The van der Waals surface area contributed by atoms with E-state index in [1.54, 1.807) is 24.3 Å². The Kier molecular flexibility index (Phi) is 5.68. The van der Waals surface area contributed by atoms with Crippen LogP contribution in [0.5, 0.6) is 5.75 Å². The largest absolute Gasteiger partial charge is 0.507 e. The molecule has 29 heavy (non-hydrogen) atoms. The molecule has 0 aromatic heterocycles. The molecule has 0 saturated carbocycles. The Bertz CT molecular complexity index is 1030. The lowest BCUT2D eigenvalue weighted by atomic mass is 9.99. The van der Waals surface area contributed by atoms with Crippen molar-refractivity contribution in [1.82, 2.24) is 10.3 Å². The van der Waals surface area contributed by atoms with Gasteiger partial charge in [-0.2, -0.15) is 5.10 Å². The summed E-state index contributed by atoms with van der Waals surface area (Å²) in [5.74, 6) is -0.162. The number of carbonyl (C=O) groups excluding carboxylic acids is 1. The molecule has 146 valence electrons. The molecule has 1 amide bonds. The Morgan fingerprint density at radius 2 is 1.72 bits per heavy atom. The number of amides is 1. The molecule has 5 heteroatoms. The van der Waals surface area contributed by atoms with Gasteiger partial charge >= 0.3 is 0 Å². The van der Waals surface area contributed by atoms with Crippen LogP contribution in [-0.4, -0.2) is 28.7 Å². The van der Waals surface area contributed by atoms with Crippen LogP contribution in [0, 0.1) is 0 Å². The molecule has 0 aliphatic carbocycles. The standard InChI is InChI=1S/C24H23N3O2/c28-23-8-4-3-6-21(23)15-25-26-24(29)20-11-9-18(10-12-20)16-27-14-13-19-5-1-2-7-22(19)17-27/h1-12,15,28H,13-14,16-17H2,(H,26,29). The number of hydrogen-bond acceptors (Lipinski definition) is 4. The molecular formula is C24H23N3O2. The zero-order valence-corrected chi connectivity index (χ0v) is 16.1. The third-order valence-corrected chi connectivity index (χ3v) is 5.14. The lowest BCUT2D eigenvalue weighted by Crippen LogP contribution is -2.30. The molecule has 4 rings (SSSR count). The number of aromatic hydroxyl groups is 1. The van der Waals surface area contributed by atoms with Crippen LogP contribution < -0.4 is 5.43 Å². The van der Waals surface area contributed by atoms with Crippen molar-refractivity contribution in [3.05, 3.63) is 101 Å². The monoisotopic (exact) mass is 385 g/mol. The number of phenolic OH excluding ortho intramolecular Hbond substituents is 1. The fourth-order valence-corrected chi connectivity index (χ4v) is 3.53. The van der Waals surface area contributed by atoms with Gasteiger partial charge in [0.1, 0.15) is 5.75 Å². The van der Waals surface area contributed by atoms with Crippen molar-refractivity contribution in [2.24, 2.45) is 5.10 Å². The van der Waals surface area contributed by atoms with Gasteiger partial charge < -0.3 is 5.11 Å². The van der Waals surface area contributed by atoms with E-state index in [4.69, 9.17) is 0 Å². The molecule has 0 bridgehead atoms. The Labute approximate surface area is 170 Å². The molecule has 0 unspecified atom stereocenters. The van der Waals surface area contributed by atoms with Crippen LogP contribution >= 0.6 is 0 Å². The summed E-state index contributed by atoms with van der Waals surface area (Å²) in [6, 6.07) is 23.0. The lowest BCUT2D eigenvalue weighted by molar-refractivity contribution is 0.0955. The average molecular weight is 385 g/mol. The van der Waals surface area contributed by atoms with E-state index in [0.29, 0.717) is 11.1 Å². The summed E-state index contributed by atoms with van der Waals surface area (Å²) in [7, 11) is 0. The second kappa shape index (κ2) is 8.71. The third-order valence-electron chi connectivity index (χ3n) is 5.14. The minimum Gasteiger partial charge on any atom is -0.507 e. The van der Waals surface area contributed by atoms with Gasteiger partial charge in [-0.25, -0.2) is 5.43 Å². The Balaban J connectivity index is 1.33. The van der Waals surface area contributed by atoms with E-state index in [1.165, 1.54) is 22.9 Å². The van der Waals surface area contributed by atoms with Gasteiger partial charge in [0.2, 0.25) is 0 Å². The number of rotatable bonds is 5. The second-order valence-corrected chi connectivity index (χ2v) is 7.18. The number of fused-ring (bicyclic) bond motifs is 1. The average Bonchev–Trinajstić information content (AvgIpc) is 2.75. The lowest BCUT2D eigenvalue weighted by Gasteiger charge is -2.28. The summed E-state index contributed by atoms with van der Waals surface area (Å²) in [6.07, 6.45) is 2.50. The van der Waals surface area contributed by atoms with E-state index in [2.05, 4.69) is 39.7 Å². The maximum absolute atomic E-state index is 12.3. The van der Waals surface area contributed by atoms with Crippen molar-refractivity contribution in [3.8, 4) is 5.75 Å². The number of benzene rings is 3. The Morgan fingerprint density at radius 1 is 1.00 bits per heavy atom. The van der Waals surface area contributed by atoms with Gasteiger partial charge in [-0.15, -0.1) is 0 Å². The van der Waals surface area contributed by atoms with Crippen molar-refractivity contribution in [2.75, 3.05) is 6.54 Å². The molecule has 1 heterocycles. The topological polar surface area (TPSA) is 64.9 Å². The van der Waals surface area contributed by atoms with E-state index in [0.717, 1.165) is 26.1 Å². The maximum atomic E-state index is 12.3. The van der Waals surface area contributed by atoms with Crippen LogP contribution in [0.1, 0.15) is 32.6 Å². The number of nitrogens with one attached hydrogen (secondary N) is 1. The molecule has 3 aromatic rings. The highest BCUT2D eigenvalue weighted by Crippen LogP contribution is 2.20. The highest BCUT2D eigenvalue weighted by Gasteiger charge is 2.15. The fourth-order valence-electron chi connectivity index (χ4n) is 3.53. The number of hydrogen-bond donors (Lipinski definition) is 2. The van der Waals surface area contributed by atoms with Crippen LogP contribution in [0.15, 0.2) is 77.9 Å². The Hall–Kier alpha value is -3.44. The summed E-state index contributed by atoms with van der Waals surface area (Å²) in [5.41, 5.74) is 7.62. The second-order valence-electron chi connectivity index (χ2n) is 7.18. The molecule has 3 aromatic carbocycles. The van der Waals surface area contributed by atoms with Crippen molar-refractivity contribution < 1.29 is 9.90 Å². The minimum atomic E-state index is -0.282. The quantitative estimate of drug-likeness (QED) is 0.520. The van der Waals surface area contributed by atoms with Gasteiger partial charge in [0.15, 0.2) is 0 Å². The van der Waals surface area contributed by atoms with Gasteiger partial charge in [0, 0.05) is 30.8 Å². The number of nitrogens with zero attached hydrogens (tertiary/aromatic N) is 2. The van der Waals surface area contributed by atoms with Crippen LogP contribution in [0.4, 0.5) is 0 Å². The predicted molar refractivity (Wildman–Crippen MR) is 114 cm³/mol.